The van der Waals surface area contributed by atoms with Gasteiger partial charge in [-0.2, -0.15) is 0 Å². The number of rotatable bonds is 8. The van der Waals surface area contributed by atoms with E-state index < -0.39 is 17.9 Å². The molecule has 0 saturated carbocycles. The van der Waals surface area contributed by atoms with E-state index in [4.69, 9.17) is 5.11 Å². The maximum atomic E-state index is 11.7. The van der Waals surface area contributed by atoms with Crippen molar-refractivity contribution in [3.63, 3.8) is 0 Å². The molecular weight excluding hydrogens is 262 g/mol. The average Bonchev–Trinajstić information content (AvgIpc) is 2.26. The summed E-state index contributed by atoms with van der Waals surface area (Å²) in [7, 11) is 5.53. The molecule has 2 N–H and O–H groups in total. The van der Waals surface area contributed by atoms with Crippen molar-refractivity contribution in [3.8, 4) is 0 Å². The monoisotopic (exact) mass is 287 g/mol. The third-order valence-electron chi connectivity index (χ3n) is 2.75. The summed E-state index contributed by atoms with van der Waals surface area (Å²) in [5.41, 5.74) is 0. The van der Waals surface area contributed by atoms with Crippen LogP contribution in [0, 0.1) is 5.92 Å². The molecule has 0 radical (unpaired) electrons. The van der Waals surface area contributed by atoms with Gasteiger partial charge < -0.3 is 14.9 Å². The number of carboxylic acid groups (broad SMARTS) is 1. The number of urea groups is 1. The summed E-state index contributed by atoms with van der Waals surface area (Å²) in [6.07, 6.45) is 0.768. The van der Waals surface area contributed by atoms with Crippen LogP contribution >= 0.6 is 0 Å². The molecule has 0 bridgehead atoms. The zero-order valence-electron chi connectivity index (χ0n) is 12.7. The van der Waals surface area contributed by atoms with E-state index in [9.17, 15) is 14.4 Å². The van der Waals surface area contributed by atoms with Gasteiger partial charge in [-0.25, -0.2) is 4.79 Å². The molecule has 0 spiro atoms. The first kappa shape index (κ1) is 18.4. The van der Waals surface area contributed by atoms with Crippen LogP contribution in [0.1, 0.15) is 26.2 Å². The number of carbonyl (C=O) groups excluding carboxylic acids is 2. The minimum Gasteiger partial charge on any atom is -0.481 e. The predicted molar refractivity (Wildman–Crippen MR) is 75.4 cm³/mol. The molecular formula is C13H25N3O4. The van der Waals surface area contributed by atoms with Crippen LogP contribution in [0.25, 0.3) is 0 Å². The summed E-state index contributed by atoms with van der Waals surface area (Å²) in [6, 6.07) is -0.448. The maximum Gasteiger partial charge on any atom is 0.323 e. The van der Waals surface area contributed by atoms with Crippen LogP contribution < -0.4 is 5.32 Å². The third-order valence-corrected chi connectivity index (χ3v) is 2.75. The van der Waals surface area contributed by atoms with Crippen LogP contribution in [0.2, 0.25) is 0 Å². The van der Waals surface area contributed by atoms with Crippen molar-refractivity contribution in [1.29, 1.82) is 0 Å². The Hall–Kier alpha value is -1.63. The third kappa shape index (κ3) is 9.32. The molecule has 0 rings (SSSR count). The Morgan fingerprint density at radius 3 is 2.20 bits per heavy atom. The van der Waals surface area contributed by atoms with Gasteiger partial charge in [-0.15, -0.1) is 0 Å². The van der Waals surface area contributed by atoms with Gasteiger partial charge in [0.05, 0.1) is 0 Å². The fourth-order valence-corrected chi connectivity index (χ4v) is 1.68. The van der Waals surface area contributed by atoms with E-state index in [2.05, 4.69) is 5.32 Å². The molecule has 0 aromatic carbocycles. The van der Waals surface area contributed by atoms with Gasteiger partial charge in [-0.3, -0.25) is 14.9 Å². The van der Waals surface area contributed by atoms with Crippen molar-refractivity contribution in [2.75, 3.05) is 34.2 Å². The summed E-state index contributed by atoms with van der Waals surface area (Å²) >= 11 is 0. The molecule has 0 aliphatic rings. The van der Waals surface area contributed by atoms with Gasteiger partial charge in [-0.05, 0) is 33.0 Å². The number of hydrogen-bond donors (Lipinski definition) is 2. The summed E-state index contributed by atoms with van der Waals surface area (Å²) in [5.74, 6) is -1.68. The molecule has 116 valence electrons. The van der Waals surface area contributed by atoms with Crippen LogP contribution in [0.5, 0.6) is 0 Å². The standard InChI is InChI=1S/C13H25N3O4/c1-10(9-12(18)19)8-11(17)14-13(20)16(4)7-5-6-15(2)3/h10H,5-9H2,1-4H3,(H,18,19)(H,14,17,20). The number of nitrogens with zero attached hydrogens (tertiary/aromatic N) is 2. The highest BCUT2D eigenvalue weighted by molar-refractivity contribution is 5.94. The summed E-state index contributed by atoms with van der Waals surface area (Å²) in [4.78, 5) is 37.2. The lowest BCUT2D eigenvalue weighted by molar-refractivity contribution is -0.138. The van der Waals surface area contributed by atoms with Crippen molar-refractivity contribution in [2.45, 2.75) is 26.2 Å². The first-order chi connectivity index (χ1) is 9.22. The first-order valence-electron chi connectivity index (χ1n) is 6.63. The molecule has 0 heterocycles. The highest BCUT2D eigenvalue weighted by Gasteiger charge is 2.16. The second-order valence-corrected chi connectivity index (χ2v) is 5.34. The SMILES string of the molecule is CC(CC(=O)O)CC(=O)NC(=O)N(C)CCCN(C)C. The Labute approximate surface area is 119 Å². The average molecular weight is 287 g/mol. The van der Waals surface area contributed by atoms with Gasteiger partial charge in [0.2, 0.25) is 5.91 Å². The number of hydrogen-bond acceptors (Lipinski definition) is 4. The molecule has 0 saturated heterocycles. The summed E-state index contributed by atoms with van der Waals surface area (Å²) < 4.78 is 0. The quantitative estimate of drug-likeness (QED) is 0.682. The lowest BCUT2D eigenvalue weighted by Gasteiger charge is -2.19. The van der Waals surface area contributed by atoms with Crippen LogP contribution in [0.15, 0.2) is 0 Å². The van der Waals surface area contributed by atoms with Gasteiger partial charge in [0, 0.05) is 26.4 Å². The van der Waals surface area contributed by atoms with Crippen molar-refractivity contribution in [3.05, 3.63) is 0 Å². The highest BCUT2D eigenvalue weighted by atomic mass is 16.4. The second kappa shape index (κ2) is 9.30. The molecule has 0 aromatic rings. The number of nitrogens with one attached hydrogen (secondary N) is 1. The van der Waals surface area contributed by atoms with Gasteiger partial charge in [-0.1, -0.05) is 6.92 Å². The molecule has 0 aliphatic heterocycles. The lowest BCUT2D eigenvalue weighted by atomic mass is 10.0. The Kier molecular flexibility index (Phi) is 8.54. The number of amides is 3. The molecule has 1 atom stereocenters. The number of aliphatic carboxylic acids is 1. The molecule has 3 amide bonds. The van der Waals surface area contributed by atoms with Crippen molar-refractivity contribution >= 4 is 17.9 Å². The second-order valence-electron chi connectivity index (χ2n) is 5.34. The minimum atomic E-state index is -0.947. The van der Waals surface area contributed by atoms with E-state index in [1.165, 1.54) is 4.90 Å². The molecule has 7 nitrogen and oxygen atoms in total. The molecule has 0 fully saturated rings. The predicted octanol–water partition coefficient (Wildman–Crippen LogP) is 0.607. The lowest BCUT2D eigenvalue weighted by Crippen LogP contribution is -2.42. The van der Waals surface area contributed by atoms with E-state index in [0.29, 0.717) is 6.54 Å². The first-order valence-corrected chi connectivity index (χ1v) is 6.63. The summed E-state index contributed by atoms with van der Waals surface area (Å²) in [6.45, 7) is 3.09. The minimum absolute atomic E-state index is 0.0313. The smallest absolute Gasteiger partial charge is 0.323 e. The van der Waals surface area contributed by atoms with E-state index in [1.807, 2.05) is 19.0 Å². The molecule has 0 aromatic heterocycles. The summed E-state index contributed by atoms with van der Waals surface area (Å²) in [5, 5.41) is 10.9. The van der Waals surface area contributed by atoms with Gasteiger partial charge in [0.25, 0.3) is 0 Å². The Balaban J connectivity index is 3.99. The van der Waals surface area contributed by atoms with Crippen molar-refractivity contribution < 1.29 is 19.5 Å². The molecule has 7 heteroatoms. The number of carboxylic acids is 1. The van der Waals surface area contributed by atoms with Gasteiger partial charge in [0.15, 0.2) is 0 Å². The van der Waals surface area contributed by atoms with Crippen molar-refractivity contribution in [1.82, 2.24) is 15.1 Å². The topological polar surface area (TPSA) is 89.9 Å². The Bertz CT molecular complexity index is 345. The van der Waals surface area contributed by atoms with E-state index in [1.54, 1.807) is 14.0 Å². The molecule has 1 unspecified atom stereocenters. The van der Waals surface area contributed by atoms with E-state index >= 15 is 0 Å². The fourth-order valence-electron chi connectivity index (χ4n) is 1.68. The Morgan fingerprint density at radius 1 is 1.10 bits per heavy atom. The van der Waals surface area contributed by atoms with Gasteiger partial charge >= 0.3 is 12.0 Å². The van der Waals surface area contributed by atoms with Gasteiger partial charge in [0.1, 0.15) is 0 Å². The van der Waals surface area contributed by atoms with E-state index in [-0.39, 0.29) is 18.8 Å². The van der Waals surface area contributed by atoms with Crippen molar-refractivity contribution in [2.24, 2.45) is 5.92 Å². The van der Waals surface area contributed by atoms with Crippen LogP contribution in [-0.4, -0.2) is 67.0 Å². The molecule has 20 heavy (non-hydrogen) atoms. The maximum absolute atomic E-state index is 11.7. The molecule has 0 aliphatic carbocycles. The highest BCUT2D eigenvalue weighted by Crippen LogP contribution is 2.06. The largest absolute Gasteiger partial charge is 0.481 e. The van der Waals surface area contributed by atoms with E-state index in [0.717, 1.165) is 13.0 Å². The van der Waals surface area contributed by atoms with Crippen LogP contribution in [-0.2, 0) is 9.59 Å². The normalized spacial score (nSPS) is 12.1. The van der Waals surface area contributed by atoms with Crippen LogP contribution in [0.3, 0.4) is 0 Å². The number of carbonyl (C=O) groups is 3. The fraction of sp³-hybridized carbons (Fsp3) is 0.769. The zero-order chi connectivity index (χ0) is 15.7. The number of imide groups is 1. The van der Waals surface area contributed by atoms with Crippen LogP contribution in [0.4, 0.5) is 4.79 Å². The zero-order valence-corrected chi connectivity index (χ0v) is 12.7. The Morgan fingerprint density at radius 2 is 1.70 bits per heavy atom.